The number of ether oxygens (including phenoxy) is 2. The predicted octanol–water partition coefficient (Wildman–Crippen LogP) is 4.16. The Morgan fingerprint density at radius 3 is 2.45 bits per heavy atom. The smallest absolute Gasteiger partial charge is 0.242 e. The summed E-state index contributed by atoms with van der Waals surface area (Å²) < 4.78 is 11.3. The third-order valence-corrected chi connectivity index (χ3v) is 5.93. The van der Waals surface area contributed by atoms with Crippen molar-refractivity contribution in [3.63, 3.8) is 0 Å². The summed E-state index contributed by atoms with van der Waals surface area (Å²) in [5, 5.41) is 3.01. The zero-order valence-corrected chi connectivity index (χ0v) is 19.8. The Balaban J connectivity index is 1.68. The zero-order chi connectivity index (χ0) is 23.5. The fourth-order valence-corrected chi connectivity index (χ4v) is 4.04. The standard InChI is InChI=1S/C27H36N2O4/c1-3-5-16-28-27(31)23(4-2)29(17-15-21-9-7-6-8-10-21)26(30)14-12-22-11-13-24-25(20-22)33-19-18-32-24/h6-11,13,20,23H,3-5,12,14-19H2,1-2H3,(H,28,31)/t23-/m1/s1. The maximum absolute atomic E-state index is 13.4. The Morgan fingerprint density at radius 2 is 1.73 bits per heavy atom. The van der Waals surface area contributed by atoms with Crippen molar-refractivity contribution in [3.8, 4) is 11.5 Å². The summed E-state index contributed by atoms with van der Waals surface area (Å²) in [7, 11) is 0. The van der Waals surface area contributed by atoms with Crippen molar-refractivity contribution in [2.75, 3.05) is 26.3 Å². The first kappa shape index (κ1) is 24.6. The van der Waals surface area contributed by atoms with E-state index in [2.05, 4.69) is 24.4 Å². The topological polar surface area (TPSA) is 67.9 Å². The van der Waals surface area contributed by atoms with Gasteiger partial charge in [0.25, 0.3) is 0 Å². The van der Waals surface area contributed by atoms with Crippen LogP contribution in [0.25, 0.3) is 0 Å². The van der Waals surface area contributed by atoms with Crippen molar-refractivity contribution in [2.45, 2.75) is 58.4 Å². The molecule has 2 aromatic carbocycles. The van der Waals surface area contributed by atoms with Gasteiger partial charge in [-0.25, -0.2) is 0 Å². The van der Waals surface area contributed by atoms with Gasteiger partial charge >= 0.3 is 0 Å². The van der Waals surface area contributed by atoms with Gasteiger partial charge in [-0.15, -0.1) is 0 Å². The summed E-state index contributed by atoms with van der Waals surface area (Å²) in [6.45, 7) is 6.31. The van der Waals surface area contributed by atoms with Crippen LogP contribution >= 0.6 is 0 Å². The number of benzene rings is 2. The van der Waals surface area contributed by atoms with Crippen molar-refractivity contribution in [3.05, 3.63) is 59.7 Å². The Hall–Kier alpha value is -3.02. The second kappa shape index (κ2) is 12.9. The summed E-state index contributed by atoms with van der Waals surface area (Å²) in [5.41, 5.74) is 2.18. The number of hydrogen-bond donors (Lipinski definition) is 1. The van der Waals surface area contributed by atoms with Crippen molar-refractivity contribution in [2.24, 2.45) is 0 Å². The highest BCUT2D eigenvalue weighted by Crippen LogP contribution is 2.31. The average Bonchev–Trinajstić information content (AvgIpc) is 2.85. The predicted molar refractivity (Wildman–Crippen MR) is 130 cm³/mol. The number of rotatable bonds is 12. The molecule has 1 aliphatic rings. The van der Waals surface area contributed by atoms with E-state index >= 15 is 0 Å². The molecule has 1 N–H and O–H groups in total. The van der Waals surface area contributed by atoms with Crippen LogP contribution in [0.2, 0.25) is 0 Å². The third kappa shape index (κ3) is 7.24. The minimum absolute atomic E-state index is 0.00156. The molecule has 178 valence electrons. The molecule has 0 radical (unpaired) electrons. The number of carbonyl (C=O) groups is 2. The summed E-state index contributed by atoms with van der Waals surface area (Å²) in [6, 6.07) is 15.5. The molecular weight excluding hydrogens is 416 g/mol. The van der Waals surface area contributed by atoms with Crippen molar-refractivity contribution >= 4 is 11.8 Å². The van der Waals surface area contributed by atoms with Crippen LogP contribution in [0.15, 0.2) is 48.5 Å². The van der Waals surface area contributed by atoms with Gasteiger partial charge in [-0.3, -0.25) is 9.59 Å². The zero-order valence-electron chi connectivity index (χ0n) is 19.8. The lowest BCUT2D eigenvalue weighted by Gasteiger charge is -2.31. The third-order valence-electron chi connectivity index (χ3n) is 5.93. The van der Waals surface area contributed by atoms with E-state index in [1.165, 1.54) is 0 Å². The molecule has 6 heteroatoms. The number of carbonyl (C=O) groups excluding carboxylic acids is 2. The number of fused-ring (bicyclic) bond motifs is 1. The second-order valence-corrected chi connectivity index (χ2v) is 8.37. The van der Waals surface area contributed by atoms with Crippen LogP contribution in [0.4, 0.5) is 0 Å². The Labute approximate surface area is 197 Å². The van der Waals surface area contributed by atoms with Gasteiger partial charge in [-0.05, 0) is 48.9 Å². The molecule has 1 aliphatic heterocycles. The van der Waals surface area contributed by atoms with Gasteiger partial charge in [-0.1, -0.05) is 56.7 Å². The SMILES string of the molecule is CCCCNC(=O)[C@@H](CC)N(CCc1ccccc1)C(=O)CCc1ccc2c(c1)OCCO2. The van der Waals surface area contributed by atoms with E-state index in [-0.39, 0.29) is 11.8 Å². The lowest BCUT2D eigenvalue weighted by Crippen LogP contribution is -2.50. The van der Waals surface area contributed by atoms with Crippen LogP contribution in [-0.2, 0) is 22.4 Å². The second-order valence-electron chi connectivity index (χ2n) is 8.37. The van der Waals surface area contributed by atoms with Crippen LogP contribution in [0.5, 0.6) is 11.5 Å². The molecule has 0 spiro atoms. The monoisotopic (exact) mass is 452 g/mol. The molecular formula is C27H36N2O4. The maximum Gasteiger partial charge on any atom is 0.242 e. The molecule has 6 nitrogen and oxygen atoms in total. The van der Waals surface area contributed by atoms with Gasteiger partial charge in [0.15, 0.2) is 11.5 Å². The summed E-state index contributed by atoms with van der Waals surface area (Å²) >= 11 is 0. The van der Waals surface area contributed by atoms with E-state index < -0.39 is 6.04 Å². The van der Waals surface area contributed by atoms with E-state index in [1.807, 2.05) is 43.3 Å². The number of aryl methyl sites for hydroxylation is 1. The van der Waals surface area contributed by atoms with Gasteiger partial charge in [0.1, 0.15) is 19.3 Å². The molecule has 0 saturated carbocycles. The van der Waals surface area contributed by atoms with Gasteiger partial charge in [-0.2, -0.15) is 0 Å². The van der Waals surface area contributed by atoms with Crippen LogP contribution in [0, 0.1) is 0 Å². The molecule has 0 fully saturated rings. The van der Waals surface area contributed by atoms with Gasteiger partial charge in [0, 0.05) is 19.5 Å². The molecule has 0 bridgehead atoms. The first-order valence-corrected chi connectivity index (χ1v) is 12.1. The lowest BCUT2D eigenvalue weighted by molar-refractivity contribution is -0.140. The molecule has 0 aliphatic carbocycles. The highest BCUT2D eigenvalue weighted by Gasteiger charge is 2.28. The molecule has 0 aromatic heterocycles. The number of nitrogens with zero attached hydrogens (tertiary/aromatic N) is 1. The molecule has 0 unspecified atom stereocenters. The number of nitrogens with one attached hydrogen (secondary N) is 1. The fourth-order valence-electron chi connectivity index (χ4n) is 4.04. The van der Waals surface area contributed by atoms with Gasteiger partial charge in [0.2, 0.25) is 11.8 Å². The minimum atomic E-state index is -0.460. The van der Waals surface area contributed by atoms with Gasteiger partial charge in [0.05, 0.1) is 0 Å². The number of unbranched alkanes of at least 4 members (excludes halogenated alkanes) is 1. The molecule has 1 heterocycles. The normalized spacial score (nSPS) is 13.3. The van der Waals surface area contributed by atoms with Crippen LogP contribution in [0.3, 0.4) is 0 Å². The molecule has 2 amide bonds. The van der Waals surface area contributed by atoms with Crippen molar-refractivity contribution in [1.29, 1.82) is 0 Å². The fraction of sp³-hybridized carbons (Fsp3) is 0.481. The maximum atomic E-state index is 13.4. The van der Waals surface area contributed by atoms with Crippen molar-refractivity contribution in [1.82, 2.24) is 10.2 Å². The largest absolute Gasteiger partial charge is 0.486 e. The highest BCUT2D eigenvalue weighted by atomic mass is 16.6. The highest BCUT2D eigenvalue weighted by molar-refractivity contribution is 5.87. The molecule has 1 atom stereocenters. The van der Waals surface area contributed by atoms with Crippen LogP contribution in [-0.4, -0.2) is 49.1 Å². The van der Waals surface area contributed by atoms with E-state index in [4.69, 9.17) is 9.47 Å². The minimum Gasteiger partial charge on any atom is -0.486 e. The first-order chi connectivity index (χ1) is 16.1. The molecule has 3 rings (SSSR count). The summed E-state index contributed by atoms with van der Waals surface area (Å²) in [4.78, 5) is 28.0. The van der Waals surface area contributed by atoms with E-state index in [1.54, 1.807) is 4.90 Å². The van der Waals surface area contributed by atoms with Crippen LogP contribution in [0.1, 0.15) is 50.7 Å². The molecule has 33 heavy (non-hydrogen) atoms. The van der Waals surface area contributed by atoms with E-state index in [0.717, 1.165) is 41.9 Å². The summed E-state index contributed by atoms with van der Waals surface area (Å²) in [6.07, 6.45) is 4.18. The quantitative estimate of drug-likeness (QED) is 0.491. The Kier molecular flexibility index (Phi) is 9.60. The number of amides is 2. The van der Waals surface area contributed by atoms with Gasteiger partial charge < -0.3 is 19.7 Å². The Bertz CT molecular complexity index is 900. The van der Waals surface area contributed by atoms with E-state index in [0.29, 0.717) is 45.6 Å². The Morgan fingerprint density at radius 1 is 0.970 bits per heavy atom. The first-order valence-electron chi connectivity index (χ1n) is 12.1. The van der Waals surface area contributed by atoms with E-state index in [9.17, 15) is 9.59 Å². The van der Waals surface area contributed by atoms with Crippen molar-refractivity contribution < 1.29 is 19.1 Å². The van der Waals surface area contributed by atoms with Crippen LogP contribution < -0.4 is 14.8 Å². The molecule has 0 saturated heterocycles. The lowest BCUT2D eigenvalue weighted by atomic mass is 10.1. The average molecular weight is 453 g/mol. The summed E-state index contributed by atoms with van der Waals surface area (Å²) in [5.74, 6) is 1.41. The molecule has 2 aromatic rings. The number of hydrogen-bond acceptors (Lipinski definition) is 4.